The second-order valence-corrected chi connectivity index (χ2v) is 9.60. The van der Waals surface area contributed by atoms with E-state index in [1.165, 1.54) is 0 Å². The SMILES string of the molecule is COc1ccc(CNC(=O)N2[C@H]3CN(CCC(C)C)C(=O)[C@H](C(C)C)N3C(=O)CN2C)cc1. The van der Waals surface area contributed by atoms with Crippen LogP contribution >= 0.6 is 0 Å². The van der Waals surface area contributed by atoms with E-state index in [9.17, 15) is 14.4 Å². The molecule has 9 heteroatoms. The van der Waals surface area contributed by atoms with Crippen LogP contribution < -0.4 is 10.1 Å². The van der Waals surface area contributed by atoms with Crippen LogP contribution in [0, 0.1) is 11.8 Å². The van der Waals surface area contributed by atoms with Crippen molar-refractivity contribution >= 4 is 17.8 Å². The molecular formula is C24H37N5O4. The molecule has 3 rings (SSSR count). The van der Waals surface area contributed by atoms with Gasteiger partial charge in [0, 0.05) is 20.1 Å². The number of ether oxygens (including phenoxy) is 1. The van der Waals surface area contributed by atoms with Crippen molar-refractivity contribution in [3.63, 3.8) is 0 Å². The van der Waals surface area contributed by atoms with Crippen molar-refractivity contribution in [1.29, 1.82) is 0 Å². The first-order valence-electron chi connectivity index (χ1n) is 11.6. The molecule has 0 saturated carbocycles. The Kier molecular flexibility index (Phi) is 7.84. The molecule has 2 fully saturated rings. The van der Waals surface area contributed by atoms with Crippen molar-refractivity contribution in [2.45, 2.75) is 52.9 Å². The Morgan fingerprint density at radius 1 is 1.15 bits per heavy atom. The lowest BCUT2D eigenvalue weighted by Gasteiger charge is -2.55. The summed E-state index contributed by atoms with van der Waals surface area (Å²) in [7, 11) is 3.35. The number of methoxy groups -OCH3 is 1. The second kappa shape index (κ2) is 10.4. The molecule has 2 saturated heterocycles. The number of carbonyl (C=O) groups is 3. The van der Waals surface area contributed by atoms with Gasteiger partial charge < -0.3 is 19.9 Å². The molecular weight excluding hydrogens is 422 g/mol. The van der Waals surface area contributed by atoms with Gasteiger partial charge in [0.25, 0.3) is 0 Å². The molecule has 0 aliphatic carbocycles. The summed E-state index contributed by atoms with van der Waals surface area (Å²) in [5, 5.41) is 6.21. The normalized spacial score (nSPS) is 21.6. The Hall–Kier alpha value is -2.81. The molecule has 0 aromatic heterocycles. The zero-order valence-electron chi connectivity index (χ0n) is 20.6. The number of piperazine rings is 1. The van der Waals surface area contributed by atoms with Gasteiger partial charge >= 0.3 is 6.03 Å². The van der Waals surface area contributed by atoms with Crippen molar-refractivity contribution in [2.24, 2.45) is 11.8 Å². The van der Waals surface area contributed by atoms with E-state index in [0.717, 1.165) is 17.7 Å². The van der Waals surface area contributed by atoms with Crippen LogP contribution in [0.15, 0.2) is 24.3 Å². The van der Waals surface area contributed by atoms with E-state index in [0.29, 0.717) is 25.6 Å². The van der Waals surface area contributed by atoms with Crippen molar-refractivity contribution < 1.29 is 19.1 Å². The minimum Gasteiger partial charge on any atom is -0.497 e. The summed E-state index contributed by atoms with van der Waals surface area (Å²) in [4.78, 5) is 43.1. The van der Waals surface area contributed by atoms with Crippen LogP contribution in [0.2, 0.25) is 0 Å². The molecule has 0 spiro atoms. The minimum atomic E-state index is -0.575. The average molecular weight is 460 g/mol. The molecule has 0 unspecified atom stereocenters. The van der Waals surface area contributed by atoms with Crippen LogP contribution in [0.25, 0.3) is 0 Å². The Balaban J connectivity index is 1.81. The number of benzene rings is 1. The lowest BCUT2D eigenvalue weighted by atomic mass is 9.95. The van der Waals surface area contributed by atoms with Gasteiger partial charge in [-0.05, 0) is 36.0 Å². The monoisotopic (exact) mass is 459 g/mol. The van der Waals surface area contributed by atoms with Crippen molar-refractivity contribution in [1.82, 2.24) is 25.1 Å². The maximum atomic E-state index is 13.3. The molecule has 2 aliphatic heterocycles. The fourth-order valence-corrected chi connectivity index (χ4v) is 4.48. The van der Waals surface area contributed by atoms with Crippen LogP contribution in [-0.4, -0.2) is 83.7 Å². The number of hydrazine groups is 1. The molecule has 1 aromatic rings. The van der Waals surface area contributed by atoms with Crippen LogP contribution in [0.3, 0.4) is 0 Å². The highest BCUT2D eigenvalue weighted by Crippen LogP contribution is 2.29. The van der Waals surface area contributed by atoms with E-state index in [1.807, 2.05) is 43.0 Å². The summed E-state index contributed by atoms with van der Waals surface area (Å²) < 4.78 is 5.18. The number of fused-ring (bicyclic) bond motifs is 1. The van der Waals surface area contributed by atoms with Crippen LogP contribution in [0.5, 0.6) is 5.75 Å². The predicted molar refractivity (Wildman–Crippen MR) is 125 cm³/mol. The quantitative estimate of drug-likeness (QED) is 0.675. The van der Waals surface area contributed by atoms with E-state index in [1.54, 1.807) is 29.1 Å². The van der Waals surface area contributed by atoms with Crippen molar-refractivity contribution in [2.75, 3.05) is 33.8 Å². The summed E-state index contributed by atoms with van der Waals surface area (Å²) in [5.41, 5.74) is 0.939. The van der Waals surface area contributed by atoms with E-state index in [4.69, 9.17) is 4.74 Å². The van der Waals surface area contributed by atoms with Crippen LogP contribution in [-0.2, 0) is 16.1 Å². The number of hydrogen-bond donors (Lipinski definition) is 1. The first-order chi connectivity index (χ1) is 15.6. The second-order valence-electron chi connectivity index (χ2n) is 9.60. The van der Waals surface area contributed by atoms with Gasteiger partial charge in [-0.15, -0.1) is 0 Å². The molecule has 1 aromatic carbocycles. The fourth-order valence-electron chi connectivity index (χ4n) is 4.48. The number of nitrogens with one attached hydrogen (secondary N) is 1. The lowest BCUT2D eigenvalue weighted by Crippen LogP contribution is -2.76. The number of amides is 4. The van der Waals surface area contributed by atoms with Gasteiger partial charge in [0.05, 0.1) is 20.2 Å². The molecule has 182 valence electrons. The van der Waals surface area contributed by atoms with Gasteiger partial charge in [0.15, 0.2) is 0 Å². The topological polar surface area (TPSA) is 85.4 Å². The Morgan fingerprint density at radius 2 is 1.82 bits per heavy atom. The van der Waals surface area contributed by atoms with E-state index >= 15 is 0 Å². The van der Waals surface area contributed by atoms with Crippen molar-refractivity contribution in [3.8, 4) is 5.75 Å². The van der Waals surface area contributed by atoms with Crippen LogP contribution in [0.4, 0.5) is 4.79 Å². The molecule has 2 heterocycles. The number of rotatable bonds is 7. The number of urea groups is 1. The molecule has 9 nitrogen and oxygen atoms in total. The molecule has 4 amide bonds. The highest BCUT2D eigenvalue weighted by molar-refractivity contribution is 5.91. The highest BCUT2D eigenvalue weighted by Gasteiger charge is 2.51. The van der Waals surface area contributed by atoms with E-state index < -0.39 is 12.2 Å². The fraction of sp³-hybridized carbons (Fsp3) is 0.625. The largest absolute Gasteiger partial charge is 0.497 e. The molecule has 1 N–H and O–H groups in total. The Labute approximate surface area is 196 Å². The number of likely N-dealkylation sites (N-methyl/N-ethyl adjacent to an activating group) is 1. The predicted octanol–water partition coefficient (Wildman–Crippen LogP) is 2.13. The standard InChI is InChI=1S/C24H37N5O4/c1-16(2)11-12-27-14-20-28(22(17(3)4)23(27)31)21(30)15-26(5)29(20)24(32)25-13-18-7-9-19(33-6)10-8-18/h7-10,16-17,20,22H,11-15H2,1-6H3,(H,25,32)/t20-,22-/m0/s1. The Morgan fingerprint density at radius 3 is 2.39 bits per heavy atom. The number of carbonyl (C=O) groups excluding carboxylic acids is 3. The zero-order valence-corrected chi connectivity index (χ0v) is 20.6. The molecule has 0 radical (unpaired) electrons. The summed E-state index contributed by atoms with van der Waals surface area (Å²) in [6, 6.07) is 6.63. The lowest BCUT2D eigenvalue weighted by molar-refractivity contribution is -0.190. The molecule has 33 heavy (non-hydrogen) atoms. The third kappa shape index (κ3) is 5.40. The summed E-state index contributed by atoms with van der Waals surface area (Å²) in [5.74, 6) is 0.991. The molecule has 2 atom stereocenters. The number of hydrogen-bond acceptors (Lipinski definition) is 5. The maximum absolute atomic E-state index is 13.3. The van der Waals surface area contributed by atoms with Gasteiger partial charge in [0.1, 0.15) is 18.0 Å². The van der Waals surface area contributed by atoms with Gasteiger partial charge in [-0.25, -0.2) is 14.8 Å². The smallest absolute Gasteiger partial charge is 0.334 e. The van der Waals surface area contributed by atoms with Gasteiger partial charge in [0.2, 0.25) is 11.8 Å². The summed E-state index contributed by atoms with van der Waals surface area (Å²) in [6.07, 6.45) is 0.334. The van der Waals surface area contributed by atoms with Gasteiger partial charge in [-0.1, -0.05) is 39.8 Å². The van der Waals surface area contributed by atoms with Crippen LogP contribution in [0.1, 0.15) is 39.7 Å². The highest BCUT2D eigenvalue weighted by atomic mass is 16.5. The Bertz CT molecular complexity index is 857. The zero-order chi connectivity index (χ0) is 24.3. The van der Waals surface area contributed by atoms with Crippen molar-refractivity contribution in [3.05, 3.63) is 29.8 Å². The first kappa shape index (κ1) is 24.8. The average Bonchev–Trinajstić information content (AvgIpc) is 2.76. The van der Waals surface area contributed by atoms with Gasteiger partial charge in [-0.3, -0.25) is 9.59 Å². The third-order valence-electron chi connectivity index (χ3n) is 6.29. The number of nitrogens with zero attached hydrogens (tertiary/aromatic N) is 4. The minimum absolute atomic E-state index is 0.0293. The summed E-state index contributed by atoms with van der Waals surface area (Å²) >= 11 is 0. The van der Waals surface area contributed by atoms with E-state index in [2.05, 4.69) is 19.2 Å². The van der Waals surface area contributed by atoms with E-state index in [-0.39, 0.29) is 30.3 Å². The summed E-state index contributed by atoms with van der Waals surface area (Å²) in [6.45, 7) is 9.46. The third-order valence-corrected chi connectivity index (χ3v) is 6.29. The first-order valence-corrected chi connectivity index (χ1v) is 11.6. The molecule has 2 aliphatic rings. The maximum Gasteiger partial charge on any atom is 0.334 e. The molecule has 0 bridgehead atoms. The van der Waals surface area contributed by atoms with Gasteiger partial charge in [-0.2, -0.15) is 0 Å².